The predicted octanol–water partition coefficient (Wildman–Crippen LogP) is 1.12. The molecule has 0 radical (unpaired) electrons. The molecule has 3 N–H and O–H groups in total. The third-order valence-electron chi connectivity index (χ3n) is 2.93. The zero-order chi connectivity index (χ0) is 13.1. The Labute approximate surface area is 114 Å². The van der Waals surface area contributed by atoms with Gasteiger partial charge in [0.15, 0.2) is 0 Å². The molecule has 0 atom stereocenters. The number of anilines is 3. The average Bonchev–Trinajstić information content (AvgIpc) is 3.09. The molecule has 1 aliphatic rings. The van der Waals surface area contributed by atoms with Crippen molar-refractivity contribution in [1.29, 1.82) is 0 Å². The quantitative estimate of drug-likeness (QED) is 0.865. The van der Waals surface area contributed by atoms with Crippen molar-refractivity contribution in [1.82, 2.24) is 19.9 Å². The van der Waals surface area contributed by atoms with Gasteiger partial charge in [-0.25, -0.2) is 0 Å². The van der Waals surface area contributed by atoms with E-state index < -0.39 is 0 Å². The van der Waals surface area contributed by atoms with Crippen molar-refractivity contribution in [3.8, 4) is 0 Å². The fraction of sp³-hybridized carbons (Fsp3) is 0.455. The lowest BCUT2D eigenvalue weighted by Crippen LogP contribution is -2.22. The van der Waals surface area contributed by atoms with E-state index >= 15 is 0 Å². The Morgan fingerprint density at radius 3 is 2.84 bits per heavy atom. The van der Waals surface area contributed by atoms with Crippen LogP contribution in [0.15, 0.2) is 11.7 Å². The van der Waals surface area contributed by atoms with Gasteiger partial charge in [-0.05, 0) is 12.8 Å². The third kappa shape index (κ3) is 2.90. The summed E-state index contributed by atoms with van der Waals surface area (Å²) in [7, 11) is 0. The molecule has 1 aliphatic heterocycles. The largest absolute Gasteiger partial charge is 0.368 e. The number of hydrogen-bond donors (Lipinski definition) is 2. The fourth-order valence-electron chi connectivity index (χ4n) is 2.01. The van der Waals surface area contributed by atoms with Gasteiger partial charge >= 0.3 is 0 Å². The van der Waals surface area contributed by atoms with Gasteiger partial charge in [0.2, 0.25) is 17.8 Å². The molecule has 0 aromatic carbocycles. The lowest BCUT2D eigenvalue weighted by Gasteiger charge is -2.15. The monoisotopic (exact) mass is 277 g/mol. The molecule has 7 nitrogen and oxygen atoms in total. The molecule has 19 heavy (non-hydrogen) atoms. The summed E-state index contributed by atoms with van der Waals surface area (Å²) < 4.78 is 0. The molecule has 8 heteroatoms. The first kappa shape index (κ1) is 12.1. The molecule has 0 bridgehead atoms. The van der Waals surface area contributed by atoms with E-state index in [1.165, 1.54) is 12.8 Å². The van der Waals surface area contributed by atoms with E-state index in [9.17, 15) is 0 Å². The molecule has 2 aromatic heterocycles. The van der Waals surface area contributed by atoms with Crippen molar-refractivity contribution in [3.63, 3.8) is 0 Å². The van der Waals surface area contributed by atoms with Gasteiger partial charge in [0.25, 0.3) is 0 Å². The molecule has 2 aromatic rings. The summed E-state index contributed by atoms with van der Waals surface area (Å²) in [6.07, 6.45) is 4.17. The minimum Gasteiger partial charge on any atom is -0.368 e. The molecule has 0 saturated carbocycles. The lowest BCUT2D eigenvalue weighted by atomic mass is 10.4. The Kier molecular flexibility index (Phi) is 3.41. The van der Waals surface area contributed by atoms with Crippen molar-refractivity contribution in [3.05, 3.63) is 16.6 Å². The van der Waals surface area contributed by atoms with Crippen LogP contribution in [0, 0.1) is 0 Å². The maximum Gasteiger partial charge on any atom is 0.231 e. The summed E-state index contributed by atoms with van der Waals surface area (Å²) in [5, 5.41) is 3.15. The Hall–Kier alpha value is -1.96. The maximum atomic E-state index is 5.74. The number of nitrogens with zero attached hydrogens (tertiary/aromatic N) is 5. The molecule has 100 valence electrons. The number of nitrogen functional groups attached to an aromatic ring is 1. The highest BCUT2D eigenvalue weighted by molar-refractivity contribution is 7.09. The number of thiazole rings is 1. The van der Waals surface area contributed by atoms with E-state index in [1.54, 1.807) is 16.8 Å². The molecule has 3 heterocycles. The van der Waals surface area contributed by atoms with Crippen LogP contribution < -0.4 is 16.0 Å². The Morgan fingerprint density at radius 1 is 1.26 bits per heavy atom. The lowest BCUT2D eigenvalue weighted by molar-refractivity contribution is 0.881. The number of rotatable bonds is 4. The molecular formula is C11H15N7S. The highest BCUT2D eigenvalue weighted by Gasteiger charge is 2.16. The van der Waals surface area contributed by atoms with Crippen LogP contribution >= 0.6 is 11.3 Å². The minimum atomic E-state index is 0.253. The van der Waals surface area contributed by atoms with E-state index in [2.05, 4.69) is 30.2 Å². The first-order chi connectivity index (χ1) is 9.31. The molecule has 1 saturated heterocycles. The Morgan fingerprint density at radius 2 is 2.11 bits per heavy atom. The molecule has 0 aliphatic carbocycles. The smallest absolute Gasteiger partial charge is 0.231 e. The van der Waals surface area contributed by atoms with Crippen LogP contribution in [0.25, 0.3) is 0 Å². The van der Waals surface area contributed by atoms with Gasteiger partial charge in [0.05, 0.1) is 12.1 Å². The number of hydrogen-bond acceptors (Lipinski definition) is 8. The van der Waals surface area contributed by atoms with E-state index in [1.807, 2.05) is 6.20 Å². The zero-order valence-corrected chi connectivity index (χ0v) is 11.2. The summed E-state index contributed by atoms with van der Waals surface area (Å²) in [6, 6.07) is 0. The van der Waals surface area contributed by atoms with Crippen molar-refractivity contribution >= 4 is 29.2 Å². The van der Waals surface area contributed by atoms with Crippen LogP contribution in [0.3, 0.4) is 0 Å². The van der Waals surface area contributed by atoms with Crippen LogP contribution in [0.1, 0.15) is 17.7 Å². The standard InChI is InChI=1S/C11H15N7S/c12-9-15-10(14-6-8-5-13-7-19-8)17-11(16-9)18-3-1-2-4-18/h5,7H,1-4,6H2,(H3,12,14,15,16,17). The summed E-state index contributed by atoms with van der Waals surface area (Å²) >= 11 is 1.59. The van der Waals surface area contributed by atoms with Gasteiger partial charge in [-0.15, -0.1) is 11.3 Å². The SMILES string of the molecule is Nc1nc(NCc2cncs2)nc(N2CCCC2)n1. The van der Waals surface area contributed by atoms with Gasteiger partial charge in [-0.2, -0.15) is 15.0 Å². The van der Waals surface area contributed by atoms with Gasteiger partial charge < -0.3 is 16.0 Å². The maximum absolute atomic E-state index is 5.74. The van der Waals surface area contributed by atoms with Crippen LogP contribution in [0.2, 0.25) is 0 Å². The van der Waals surface area contributed by atoms with E-state index in [0.717, 1.165) is 18.0 Å². The van der Waals surface area contributed by atoms with E-state index in [4.69, 9.17) is 5.73 Å². The van der Waals surface area contributed by atoms with Crippen LogP contribution in [-0.4, -0.2) is 33.0 Å². The van der Waals surface area contributed by atoms with Gasteiger partial charge in [0, 0.05) is 24.2 Å². The second-order valence-electron chi connectivity index (χ2n) is 4.33. The van der Waals surface area contributed by atoms with Crippen molar-refractivity contribution < 1.29 is 0 Å². The second-order valence-corrected chi connectivity index (χ2v) is 5.30. The Balaban J connectivity index is 1.73. The Bertz CT molecular complexity index is 536. The topological polar surface area (TPSA) is 92.8 Å². The molecule has 1 fully saturated rings. The van der Waals surface area contributed by atoms with E-state index in [0.29, 0.717) is 18.4 Å². The summed E-state index contributed by atoms with van der Waals surface area (Å²) in [6.45, 7) is 2.61. The van der Waals surface area contributed by atoms with Gasteiger partial charge in [-0.3, -0.25) is 4.98 Å². The van der Waals surface area contributed by atoms with Crippen LogP contribution in [0.4, 0.5) is 17.8 Å². The summed E-state index contributed by atoms with van der Waals surface area (Å²) in [4.78, 5) is 20.0. The van der Waals surface area contributed by atoms with Crippen molar-refractivity contribution in [2.45, 2.75) is 19.4 Å². The number of nitrogens with one attached hydrogen (secondary N) is 1. The second kappa shape index (κ2) is 5.35. The fourth-order valence-corrected chi connectivity index (χ4v) is 2.55. The van der Waals surface area contributed by atoms with E-state index in [-0.39, 0.29) is 5.95 Å². The first-order valence-corrected chi connectivity index (χ1v) is 7.07. The summed E-state index contributed by atoms with van der Waals surface area (Å²) in [5.41, 5.74) is 7.54. The summed E-state index contributed by atoms with van der Waals surface area (Å²) in [5.74, 6) is 1.43. The minimum absolute atomic E-state index is 0.253. The van der Waals surface area contributed by atoms with Gasteiger partial charge in [-0.1, -0.05) is 0 Å². The normalized spacial score (nSPS) is 14.8. The molecule has 0 spiro atoms. The number of aromatic nitrogens is 4. The number of nitrogens with two attached hydrogens (primary N) is 1. The van der Waals surface area contributed by atoms with Crippen LogP contribution in [-0.2, 0) is 6.54 Å². The first-order valence-electron chi connectivity index (χ1n) is 6.19. The third-order valence-corrected chi connectivity index (χ3v) is 3.71. The highest BCUT2D eigenvalue weighted by atomic mass is 32.1. The van der Waals surface area contributed by atoms with Crippen molar-refractivity contribution in [2.75, 3.05) is 29.0 Å². The zero-order valence-electron chi connectivity index (χ0n) is 10.4. The van der Waals surface area contributed by atoms with Crippen LogP contribution in [0.5, 0.6) is 0 Å². The predicted molar refractivity (Wildman–Crippen MR) is 75.1 cm³/mol. The highest BCUT2D eigenvalue weighted by Crippen LogP contribution is 2.18. The van der Waals surface area contributed by atoms with Gasteiger partial charge in [0.1, 0.15) is 0 Å². The molecule has 0 unspecified atom stereocenters. The molecule has 3 rings (SSSR count). The average molecular weight is 277 g/mol. The molecule has 0 amide bonds. The molecular weight excluding hydrogens is 262 g/mol. The van der Waals surface area contributed by atoms with Crippen molar-refractivity contribution in [2.24, 2.45) is 0 Å².